The van der Waals surface area contributed by atoms with Gasteiger partial charge < -0.3 is 9.13 Å². The molecular weight excluding hydrogens is 874 g/mol. The van der Waals surface area contributed by atoms with Crippen molar-refractivity contribution < 1.29 is 61.8 Å². The van der Waals surface area contributed by atoms with E-state index in [1.807, 2.05) is 0 Å². The SMILES string of the molecule is O=P(Cc1[c]c2ccccc2cc1)(c1cc(F)c(F)cc1F)c1cc(F)c(F)cc1F.O=P(Cc1[c]c2ccccc2cc1)(c1cc(F)c(F)cc1F)c1cc(F)c(F)cc1F. The zero-order valence-corrected chi connectivity index (χ0v) is 33.0. The van der Waals surface area contributed by atoms with Crippen molar-refractivity contribution in [3.05, 3.63) is 214 Å². The molecule has 8 aromatic rings. The third-order valence-corrected chi connectivity index (χ3v) is 15.8. The third kappa shape index (κ3) is 8.67. The molecule has 0 aliphatic carbocycles. The molecule has 0 aromatic heterocycles. The summed E-state index contributed by atoms with van der Waals surface area (Å²) in [6, 6.07) is 28.4. The van der Waals surface area contributed by atoms with Gasteiger partial charge in [0.2, 0.25) is 0 Å². The van der Waals surface area contributed by atoms with Crippen molar-refractivity contribution in [2.45, 2.75) is 12.3 Å². The minimum Gasteiger partial charge on any atom is -0.313 e. The maximum absolute atomic E-state index is 14.6. The van der Waals surface area contributed by atoms with E-state index < -0.39 is 118 Å². The van der Waals surface area contributed by atoms with Crippen molar-refractivity contribution in [1.82, 2.24) is 0 Å². The molecular formula is C46H24F12O2P2. The van der Waals surface area contributed by atoms with Crippen LogP contribution in [0.1, 0.15) is 11.1 Å². The number of hydrogen-bond donors (Lipinski definition) is 0. The molecule has 8 rings (SSSR count). The molecule has 0 saturated carbocycles. The lowest BCUT2D eigenvalue weighted by molar-refractivity contribution is 0.495. The van der Waals surface area contributed by atoms with Crippen molar-refractivity contribution in [1.29, 1.82) is 0 Å². The summed E-state index contributed by atoms with van der Waals surface area (Å²) in [4.78, 5) is 0. The molecule has 0 aliphatic rings. The fraction of sp³-hybridized carbons (Fsp3) is 0.0435. The maximum Gasteiger partial charge on any atom is 0.161 e. The van der Waals surface area contributed by atoms with Gasteiger partial charge in [0.1, 0.15) is 23.3 Å². The quantitative estimate of drug-likeness (QED) is 0.0865. The van der Waals surface area contributed by atoms with Gasteiger partial charge in [-0.15, -0.1) is 0 Å². The van der Waals surface area contributed by atoms with Gasteiger partial charge in [0.05, 0.1) is 21.2 Å². The highest BCUT2D eigenvalue weighted by atomic mass is 31.2. The van der Waals surface area contributed by atoms with Crippen LogP contribution in [0.2, 0.25) is 0 Å². The molecule has 2 nitrogen and oxygen atoms in total. The highest BCUT2D eigenvalue weighted by molar-refractivity contribution is 7.78. The second kappa shape index (κ2) is 17.3. The Morgan fingerprint density at radius 1 is 0.323 bits per heavy atom. The second-order valence-electron chi connectivity index (χ2n) is 13.8. The Labute approximate surface area is 344 Å². The summed E-state index contributed by atoms with van der Waals surface area (Å²) >= 11 is 0. The zero-order chi connectivity index (χ0) is 44.7. The lowest BCUT2D eigenvalue weighted by Crippen LogP contribution is -2.25. The molecule has 0 unspecified atom stereocenters. The molecule has 314 valence electrons. The standard InChI is InChI=1S/2C23H12F6OP/c2*24-16-8-20(28)22(10-18(16)26)31(30,23-11-19(27)17(25)9-21(23)29)12-13-5-6-14-3-1-2-4-15(14)7-13/h2*1-6,8-11H,12H2. The molecule has 0 bridgehead atoms. The maximum atomic E-state index is 14.6. The van der Waals surface area contributed by atoms with E-state index in [4.69, 9.17) is 0 Å². The highest BCUT2D eigenvalue weighted by Gasteiger charge is 2.37. The molecule has 0 saturated heterocycles. The van der Waals surface area contributed by atoms with Gasteiger partial charge in [-0.25, -0.2) is 52.7 Å². The van der Waals surface area contributed by atoms with Gasteiger partial charge in [0, 0.05) is 36.6 Å². The molecule has 0 atom stereocenters. The van der Waals surface area contributed by atoms with E-state index in [1.54, 1.807) is 60.7 Å². The van der Waals surface area contributed by atoms with Crippen LogP contribution in [0.25, 0.3) is 21.5 Å². The van der Waals surface area contributed by atoms with Gasteiger partial charge in [-0.05, 0) is 69.1 Å². The van der Waals surface area contributed by atoms with Crippen molar-refractivity contribution in [3.8, 4) is 0 Å². The van der Waals surface area contributed by atoms with Gasteiger partial charge in [0.25, 0.3) is 0 Å². The molecule has 0 N–H and O–H groups in total. The third-order valence-electron chi connectivity index (χ3n) is 9.74. The summed E-state index contributed by atoms with van der Waals surface area (Å²) in [5.74, 6) is -17.8. The molecule has 62 heavy (non-hydrogen) atoms. The lowest BCUT2D eigenvalue weighted by atomic mass is 10.1. The molecule has 16 heteroatoms. The first-order valence-corrected chi connectivity index (χ1v) is 21.7. The minimum absolute atomic E-state index is 0.180. The Balaban J connectivity index is 0.000000186. The predicted octanol–water partition coefficient (Wildman–Crippen LogP) is 12.0. The van der Waals surface area contributed by atoms with Gasteiger partial charge in [-0.3, -0.25) is 0 Å². The van der Waals surface area contributed by atoms with Gasteiger partial charge in [-0.1, -0.05) is 72.8 Å². The van der Waals surface area contributed by atoms with Crippen LogP contribution in [0.5, 0.6) is 0 Å². The van der Waals surface area contributed by atoms with E-state index >= 15 is 0 Å². The average molecular weight is 899 g/mol. The number of hydrogen-bond acceptors (Lipinski definition) is 2. The summed E-state index contributed by atoms with van der Waals surface area (Å²) in [7, 11) is -8.97. The molecule has 0 spiro atoms. The smallest absolute Gasteiger partial charge is 0.161 e. The summed E-state index contributed by atoms with van der Waals surface area (Å²) in [6.45, 7) is 0. The summed E-state index contributed by atoms with van der Waals surface area (Å²) in [6.07, 6.45) is -1.16. The average Bonchev–Trinajstić information content (AvgIpc) is 3.23. The second-order valence-corrected chi connectivity index (χ2v) is 19.3. The van der Waals surface area contributed by atoms with Gasteiger partial charge >= 0.3 is 0 Å². The van der Waals surface area contributed by atoms with Crippen LogP contribution in [0.4, 0.5) is 52.7 Å². The predicted molar refractivity (Wildman–Crippen MR) is 212 cm³/mol. The van der Waals surface area contributed by atoms with Crippen LogP contribution in [0, 0.1) is 81.9 Å². The topological polar surface area (TPSA) is 34.1 Å². The molecule has 0 aliphatic heterocycles. The number of benzene rings is 8. The van der Waals surface area contributed by atoms with Crippen LogP contribution in [-0.4, -0.2) is 0 Å². The molecule has 8 aromatic carbocycles. The largest absolute Gasteiger partial charge is 0.313 e. The first-order valence-electron chi connectivity index (χ1n) is 18.0. The first-order chi connectivity index (χ1) is 29.4. The summed E-state index contributed by atoms with van der Waals surface area (Å²) in [5, 5.41) is -0.532. The summed E-state index contributed by atoms with van der Waals surface area (Å²) in [5.41, 5.74) is 0.464. The Hall–Kier alpha value is -6.10. The van der Waals surface area contributed by atoms with Crippen LogP contribution < -0.4 is 21.2 Å². The van der Waals surface area contributed by atoms with E-state index in [0.717, 1.165) is 10.8 Å². The van der Waals surface area contributed by atoms with E-state index in [-0.39, 0.29) is 35.4 Å². The van der Waals surface area contributed by atoms with Crippen LogP contribution >= 0.6 is 14.3 Å². The Bertz CT molecular complexity index is 2820. The normalized spacial score (nSPS) is 11.8. The Kier molecular flexibility index (Phi) is 12.3. The zero-order valence-electron chi connectivity index (χ0n) is 31.2. The van der Waals surface area contributed by atoms with Crippen LogP contribution in [-0.2, 0) is 21.5 Å². The monoisotopic (exact) mass is 898 g/mol. The Morgan fingerprint density at radius 2 is 0.581 bits per heavy atom. The van der Waals surface area contributed by atoms with Gasteiger partial charge in [-0.2, -0.15) is 0 Å². The first kappa shape index (κ1) is 44.0. The Morgan fingerprint density at radius 3 is 0.871 bits per heavy atom. The van der Waals surface area contributed by atoms with E-state index in [9.17, 15) is 61.8 Å². The van der Waals surface area contributed by atoms with E-state index in [0.29, 0.717) is 35.0 Å². The fourth-order valence-corrected chi connectivity index (χ4v) is 12.2. The highest BCUT2D eigenvalue weighted by Crippen LogP contribution is 2.50. The van der Waals surface area contributed by atoms with Crippen molar-refractivity contribution in [2.24, 2.45) is 0 Å². The van der Waals surface area contributed by atoms with Gasteiger partial charge in [0.15, 0.2) is 60.8 Å². The number of halogens is 12. The number of fused-ring (bicyclic) bond motifs is 2. The lowest BCUT2D eigenvalue weighted by Gasteiger charge is -2.21. The van der Waals surface area contributed by atoms with E-state index in [2.05, 4.69) is 12.1 Å². The van der Waals surface area contributed by atoms with E-state index in [1.165, 1.54) is 12.1 Å². The van der Waals surface area contributed by atoms with Crippen molar-refractivity contribution in [2.75, 3.05) is 0 Å². The molecule has 0 heterocycles. The molecule has 0 amide bonds. The fourth-order valence-electron chi connectivity index (χ4n) is 6.74. The minimum atomic E-state index is -4.49. The van der Waals surface area contributed by atoms with Crippen LogP contribution in [0.3, 0.4) is 0 Å². The van der Waals surface area contributed by atoms with Crippen LogP contribution in [0.15, 0.2) is 121 Å². The summed E-state index contributed by atoms with van der Waals surface area (Å²) < 4.78 is 196. The van der Waals surface area contributed by atoms with Crippen molar-refractivity contribution >= 4 is 57.0 Å². The molecule has 2 radical (unpaired) electrons. The molecule has 0 fully saturated rings. The van der Waals surface area contributed by atoms with Crippen molar-refractivity contribution in [3.63, 3.8) is 0 Å². The number of rotatable bonds is 8.